The fourth-order valence-electron chi connectivity index (χ4n) is 1.57. The molecule has 0 amide bonds. The standard InChI is InChI=1S/C12H17FN2O3S/c1-15(2)19(16,17)14-9-6-7-12(11(13)8-9)18-10-4-3-5-10/h6-8,10,14H,3-5H2,1-2H3. The number of hydrogen-bond donors (Lipinski definition) is 1. The molecule has 1 aliphatic carbocycles. The lowest BCUT2D eigenvalue weighted by atomic mass is 9.96. The summed E-state index contributed by atoms with van der Waals surface area (Å²) in [5.74, 6) is -0.400. The summed E-state index contributed by atoms with van der Waals surface area (Å²) in [5.41, 5.74) is 0.173. The molecule has 5 nitrogen and oxygen atoms in total. The van der Waals surface area contributed by atoms with E-state index in [1.54, 1.807) is 0 Å². The second-order valence-corrected chi connectivity index (χ2v) is 6.59. The van der Waals surface area contributed by atoms with Crippen LogP contribution in [-0.2, 0) is 10.2 Å². The quantitative estimate of drug-likeness (QED) is 0.901. The molecule has 0 aliphatic heterocycles. The van der Waals surface area contributed by atoms with E-state index in [-0.39, 0.29) is 17.5 Å². The molecule has 1 aromatic rings. The summed E-state index contributed by atoms with van der Waals surface area (Å²) in [6.07, 6.45) is 3.06. The number of halogens is 1. The molecule has 0 spiro atoms. The first-order valence-electron chi connectivity index (χ1n) is 6.05. The molecule has 106 valence electrons. The molecule has 0 aromatic heterocycles. The Balaban J connectivity index is 2.10. The topological polar surface area (TPSA) is 58.6 Å². The van der Waals surface area contributed by atoms with Crippen LogP contribution in [0.2, 0.25) is 0 Å². The monoisotopic (exact) mass is 288 g/mol. The minimum atomic E-state index is -3.62. The molecular formula is C12H17FN2O3S. The van der Waals surface area contributed by atoms with Gasteiger partial charge in [0.25, 0.3) is 0 Å². The van der Waals surface area contributed by atoms with Gasteiger partial charge in [-0.05, 0) is 31.4 Å². The summed E-state index contributed by atoms with van der Waals surface area (Å²) in [4.78, 5) is 0. The first kappa shape index (κ1) is 14.1. The van der Waals surface area contributed by atoms with Gasteiger partial charge in [-0.25, -0.2) is 4.39 Å². The second-order valence-electron chi connectivity index (χ2n) is 4.71. The van der Waals surface area contributed by atoms with Crippen molar-refractivity contribution in [2.24, 2.45) is 0 Å². The molecule has 1 N–H and O–H groups in total. The van der Waals surface area contributed by atoms with Crippen LogP contribution in [0.15, 0.2) is 18.2 Å². The van der Waals surface area contributed by atoms with Crippen molar-refractivity contribution in [1.29, 1.82) is 0 Å². The van der Waals surface area contributed by atoms with Crippen molar-refractivity contribution in [1.82, 2.24) is 4.31 Å². The highest BCUT2D eigenvalue weighted by atomic mass is 32.2. The van der Waals surface area contributed by atoms with Gasteiger partial charge in [0.1, 0.15) is 0 Å². The van der Waals surface area contributed by atoms with E-state index in [9.17, 15) is 12.8 Å². The summed E-state index contributed by atoms with van der Waals surface area (Å²) in [5, 5.41) is 0. The minimum absolute atomic E-state index is 0.0822. The molecule has 0 heterocycles. The normalized spacial score (nSPS) is 16.2. The molecule has 0 saturated heterocycles. The summed E-state index contributed by atoms with van der Waals surface area (Å²) >= 11 is 0. The number of ether oxygens (including phenoxy) is 1. The summed E-state index contributed by atoms with van der Waals surface area (Å²) < 4.78 is 45.7. The van der Waals surface area contributed by atoms with Crippen LogP contribution in [0.5, 0.6) is 5.75 Å². The third-order valence-electron chi connectivity index (χ3n) is 3.01. The Labute approximate surface area is 112 Å². The van der Waals surface area contributed by atoms with E-state index in [0.717, 1.165) is 29.6 Å². The molecule has 1 fully saturated rings. The zero-order chi connectivity index (χ0) is 14.0. The van der Waals surface area contributed by atoms with Crippen molar-refractivity contribution in [2.45, 2.75) is 25.4 Å². The van der Waals surface area contributed by atoms with Gasteiger partial charge < -0.3 is 4.74 Å². The first-order valence-corrected chi connectivity index (χ1v) is 7.49. The van der Waals surface area contributed by atoms with Crippen LogP contribution < -0.4 is 9.46 Å². The number of nitrogens with one attached hydrogen (secondary N) is 1. The van der Waals surface area contributed by atoms with Crippen molar-refractivity contribution in [3.63, 3.8) is 0 Å². The Morgan fingerprint density at radius 2 is 2.05 bits per heavy atom. The van der Waals surface area contributed by atoms with Crippen LogP contribution in [0.4, 0.5) is 10.1 Å². The van der Waals surface area contributed by atoms with E-state index in [1.807, 2.05) is 0 Å². The van der Waals surface area contributed by atoms with Gasteiger partial charge in [0.2, 0.25) is 0 Å². The lowest BCUT2D eigenvalue weighted by Gasteiger charge is -2.26. The fourth-order valence-corrected chi connectivity index (χ4v) is 2.18. The van der Waals surface area contributed by atoms with Gasteiger partial charge in [-0.15, -0.1) is 0 Å². The number of benzene rings is 1. The maximum Gasteiger partial charge on any atom is 0.301 e. The van der Waals surface area contributed by atoms with E-state index in [1.165, 1.54) is 26.2 Å². The molecule has 1 aromatic carbocycles. The summed E-state index contributed by atoms with van der Waals surface area (Å²) in [6, 6.07) is 4.05. The van der Waals surface area contributed by atoms with Crippen molar-refractivity contribution < 1.29 is 17.5 Å². The second kappa shape index (κ2) is 5.34. The van der Waals surface area contributed by atoms with Crippen molar-refractivity contribution in [2.75, 3.05) is 18.8 Å². The molecule has 1 aliphatic rings. The minimum Gasteiger partial charge on any atom is -0.487 e. The Morgan fingerprint density at radius 1 is 1.37 bits per heavy atom. The zero-order valence-electron chi connectivity index (χ0n) is 10.9. The predicted octanol–water partition coefficient (Wildman–Crippen LogP) is 1.98. The highest BCUT2D eigenvalue weighted by Gasteiger charge is 2.21. The van der Waals surface area contributed by atoms with E-state index in [4.69, 9.17) is 4.74 Å². The van der Waals surface area contributed by atoms with Gasteiger partial charge in [0.05, 0.1) is 11.8 Å². The molecule has 0 atom stereocenters. The largest absolute Gasteiger partial charge is 0.487 e. The van der Waals surface area contributed by atoms with Crippen molar-refractivity contribution in [3.05, 3.63) is 24.0 Å². The fraction of sp³-hybridized carbons (Fsp3) is 0.500. The van der Waals surface area contributed by atoms with Crippen molar-refractivity contribution >= 4 is 15.9 Å². The first-order chi connectivity index (χ1) is 8.88. The van der Waals surface area contributed by atoms with Gasteiger partial charge >= 0.3 is 10.2 Å². The van der Waals surface area contributed by atoms with Crippen LogP contribution in [0.25, 0.3) is 0 Å². The van der Waals surface area contributed by atoms with Gasteiger partial charge in [-0.2, -0.15) is 12.7 Å². The molecule has 2 rings (SSSR count). The Kier molecular flexibility index (Phi) is 3.96. The summed E-state index contributed by atoms with van der Waals surface area (Å²) in [6.45, 7) is 0. The van der Waals surface area contributed by atoms with Gasteiger partial charge in [-0.1, -0.05) is 0 Å². The highest BCUT2D eigenvalue weighted by molar-refractivity contribution is 7.90. The number of rotatable bonds is 5. The van der Waals surface area contributed by atoms with Crippen LogP contribution in [0.1, 0.15) is 19.3 Å². The highest BCUT2D eigenvalue weighted by Crippen LogP contribution is 2.28. The zero-order valence-corrected chi connectivity index (χ0v) is 11.7. The Morgan fingerprint density at radius 3 is 2.53 bits per heavy atom. The average Bonchev–Trinajstić information content (AvgIpc) is 2.24. The maximum absolute atomic E-state index is 13.8. The number of hydrogen-bond acceptors (Lipinski definition) is 3. The number of nitrogens with zero attached hydrogens (tertiary/aromatic N) is 1. The smallest absolute Gasteiger partial charge is 0.301 e. The van der Waals surface area contributed by atoms with E-state index in [2.05, 4.69) is 4.72 Å². The van der Waals surface area contributed by atoms with Gasteiger partial charge in [-0.3, -0.25) is 4.72 Å². The van der Waals surface area contributed by atoms with E-state index < -0.39 is 16.0 Å². The molecule has 0 radical (unpaired) electrons. The van der Waals surface area contributed by atoms with Gasteiger partial charge in [0.15, 0.2) is 11.6 Å². The molecule has 0 unspecified atom stereocenters. The lowest BCUT2D eigenvalue weighted by molar-refractivity contribution is 0.115. The third-order valence-corrected chi connectivity index (χ3v) is 4.46. The predicted molar refractivity (Wildman–Crippen MR) is 70.9 cm³/mol. The molecule has 7 heteroatoms. The Hall–Kier alpha value is -1.34. The van der Waals surface area contributed by atoms with Crippen LogP contribution in [0.3, 0.4) is 0 Å². The van der Waals surface area contributed by atoms with E-state index in [0.29, 0.717) is 0 Å². The molecule has 19 heavy (non-hydrogen) atoms. The van der Waals surface area contributed by atoms with E-state index >= 15 is 0 Å². The maximum atomic E-state index is 13.8. The average molecular weight is 288 g/mol. The summed E-state index contributed by atoms with van der Waals surface area (Å²) in [7, 11) is -0.830. The molecular weight excluding hydrogens is 271 g/mol. The SMILES string of the molecule is CN(C)S(=O)(=O)Nc1ccc(OC2CCC2)c(F)c1. The molecule has 1 saturated carbocycles. The Bertz CT molecular complexity index is 556. The lowest BCUT2D eigenvalue weighted by Crippen LogP contribution is -2.29. The van der Waals surface area contributed by atoms with Crippen LogP contribution in [0, 0.1) is 5.82 Å². The van der Waals surface area contributed by atoms with Crippen molar-refractivity contribution in [3.8, 4) is 5.75 Å². The number of anilines is 1. The van der Waals surface area contributed by atoms with Crippen LogP contribution in [-0.4, -0.2) is 32.9 Å². The van der Waals surface area contributed by atoms with Gasteiger partial charge in [0, 0.05) is 20.2 Å². The van der Waals surface area contributed by atoms with Crippen LogP contribution >= 0.6 is 0 Å². The molecule has 0 bridgehead atoms. The third kappa shape index (κ3) is 3.36.